The first-order valence-electron chi connectivity index (χ1n) is 8.63. The maximum absolute atomic E-state index is 12.5. The molecule has 24 heavy (non-hydrogen) atoms. The number of hydrogen-bond acceptors (Lipinski definition) is 4. The van der Waals surface area contributed by atoms with E-state index in [1.54, 1.807) is 24.3 Å². The van der Waals surface area contributed by atoms with E-state index >= 15 is 0 Å². The summed E-state index contributed by atoms with van der Waals surface area (Å²) in [6.07, 6.45) is 6.20. The summed E-state index contributed by atoms with van der Waals surface area (Å²) >= 11 is 0. The lowest BCUT2D eigenvalue weighted by Crippen LogP contribution is -2.42. The second kappa shape index (κ2) is 7.62. The van der Waals surface area contributed by atoms with Crippen LogP contribution in [0.1, 0.15) is 49.1 Å². The number of para-hydroxylation sites is 1. The number of fused-ring (bicyclic) bond motifs is 1. The Morgan fingerprint density at radius 3 is 2.75 bits per heavy atom. The van der Waals surface area contributed by atoms with Gasteiger partial charge in [-0.1, -0.05) is 31.4 Å². The van der Waals surface area contributed by atoms with Crippen LogP contribution >= 0.6 is 0 Å². The Labute approximate surface area is 140 Å². The summed E-state index contributed by atoms with van der Waals surface area (Å²) in [5, 5.41) is 12.7. The first kappa shape index (κ1) is 16.7. The van der Waals surface area contributed by atoms with E-state index < -0.39 is 0 Å². The van der Waals surface area contributed by atoms with Gasteiger partial charge in [0.25, 0.3) is 5.91 Å². The van der Waals surface area contributed by atoms with Gasteiger partial charge in [0, 0.05) is 18.7 Å². The predicted molar refractivity (Wildman–Crippen MR) is 92.0 cm³/mol. The highest BCUT2D eigenvalue weighted by Gasteiger charge is 2.26. The van der Waals surface area contributed by atoms with Crippen molar-refractivity contribution in [3.63, 3.8) is 0 Å². The summed E-state index contributed by atoms with van der Waals surface area (Å²) in [6, 6.07) is 8.05. The van der Waals surface area contributed by atoms with Gasteiger partial charge in [-0.3, -0.25) is 9.59 Å². The highest BCUT2D eigenvalue weighted by molar-refractivity contribution is 5.93. The smallest absolute Gasteiger partial charge is 0.287 e. The molecule has 1 aliphatic rings. The third kappa shape index (κ3) is 3.67. The minimum atomic E-state index is -0.387. The lowest BCUT2D eigenvalue weighted by molar-refractivity contribution is 0.0872. The number of aliphatic hydroxyl groups excluding tert-OH is 1. The van der Waals surface area contributed by atoms with Crippen molar-refractivity contribution in [2.45, 2.75) is 44.6 Å². The van der Waals surface area contributed by atoms with Gasteiger partial charge in [-0.15, -0.1) is 0 Å². The first-order chi connectivity index (χ1) is 11.7. The second-order valence-electron chi connectivity index (χ2n) is 6.46. The molecule has 0 radical (unpaired) electrons. The Kier molecular flexibility index (Phi) is 5.30. The monoisotopic (exact) mass is 329 g/mol. The fourth-order valence-electron chi connectivity index (χ4n) is 3.56. The normalized spacial score (nSPS) is 16.9. The lowest BCUT2D eigenvalue weighted by atomic mass is 9.82. The average Bonchev–Trinajstić information content (AvgIpc) is 2.62. The standard InChI is InChI=1S/C19H23NO4/c21-11-10-15(13-6-2-1-3-7-13)20-19(23)18-12-16(22)14-8-4-5-9-17(14)24-18/h4-5,8-9,12-13,15,21H,1-3,6-7,10-11H2,(H,20,23). The molecule has 0 bridgehead atoms. The van der Waals surface area contributed by atoms with Crippen molar-refractivity contribution in [3.8, 4) is 0 Å². The quantitative estimate of drug-likeness (QED) is 0.884. The van der Waals surface area contributed by atoms with Crippen LogP contribution in [-0.4, -0.2) is 23.7 Å². The molecule has 0 spiro atoms. The van der Waals surface area contributed by atoms with Crippen molar-refractivity contribution in [1.82, 2.24) is 5.32 Å². The largest absolute Gasteiger partial charge is 0.451 e. The minimum absolute atomic E-state index is 0.0254. The predicted octanol–water partition coefficient (Wildman–Crippen LogP) is 2.85. The Hall–Kier alpha value is -2.14. The highest BCUT2D eigenvalue weighted by atomic mass is 16.3. The second-order valence-corrected chi connectivity index (χ2v) is 6.46. The van der Waals surface area contributed by atoms with Crippen LogP contribution in [0.4, 0.5) is 0 Å². The number of hydrogen-bond donors (Lipinski definition) is 2. The van der Waals surface area contributed by atoms with Gasteiger partial charge in [0.05, 0.1) is 5.39 Å². The minimum Gasteiger partial charge on any atom is -0.451 e. The van der Waals surface area contributed by atoms with Gasteiger partial charge in [-0.2, -0.15) is 0 Å². The molecule has 5 heteroatoms. The summed E-state index contributed by atoms with van der Waals surface area (Å²) in [6.45, 7) is 0.0309. The molecule has 2 N–H and O–H groups in total. The molecular weight excluding hydrogens is 306 g/mol. The van der Waals surface area contributed by atoms with E-state index in [4.69, 9.17) is 4.42 Å². The lowest BCUT2D eigenvalue weighted by Gasteiger charge is -2.30. The van der Waals surface area contributed by atoms with Gasteiger partial charge >= 0.3 is 0 Å². The fourth-order valence-corrected chi connectivity index (χ4v) is 3.56. The van der Waals surface area contributed by atoms with Crippen LogP contribution in [0.2, 0.25) is 0 Å². The number of carbonyl (C=O) groups is 1. The van der Waals surface area contributed by atoms with Gasteiger partial charge in [0.15, 0.2) is 11.2 Å². The molecule has 0 saturated heterocycles. The molecular formula is C19H23NO4. The van der Waals surface area contributed by atoms with E-state index in [9.17, 15) is 14.7 Å². The topological polar surface area (TPSA) is 79.5 Å². The molecule has 3 rings (SSSR count). The maximum Gasteiger partial charge on any atom is 0.287 e. The van der Waals surface area contributed by atoms with E-state index in [0.717, 1.165) is 25.7 Å². The third-order valence-electron chi connectivity index (χ3n) is 4.83. The number of nitrogens with one attached hydrogen (secondary N) is 1. The molecule has 1 fully saturated rings. The van der Waals surface area contributed by atoms with E-state index in [1.807, 2.05) is 0 Å². The summed E-state index contributed by atoms with van der Waals surface area (Å²) in [7, 11) is 0. The Morgan fingerprint density at radius 2 is 2.00 bits per heavy atom. The van der Waals surface area contributed by atoms with Crippen molar-refractivity contribution in [2.75, 3.05) is 6.61 Å². The number of aliphatic hydroxyl groups is 1. The molecule has 1 heterocycles. The van der Waals surface area contributed by atoms with Crippen molar-refractivity contribution in [1.29, 1.82) is 0 Å². The van der Waals surface area contributed by atoms with Crippen LogP contribution in [0, 0.1) is 5.92 Å². The molecule has 1 aromatic heterocycles. The van der Waals surface area contributed by atoms with Crippen LogP contribution in [0.25, 0.3) is 11.0 Å². The van der Waals surface area contributed by atoms with Crippen molar-refractivity contribution >= 4 is 16.9 Å². The van der Waals surface area contributed by atoms with Crippen molar-refractivity contribution in [2.24, 2.45) is 5.92 Å². The average molecular weight is 329 g/mol. The summed E-state index contributed by atoms with van der Waals surface area (Å²) in [5.41, 5.74) is 0.185. The van der Waals surface area contributed by atoms with Gasteiger partial charge in [-0.05, 0) is 37.3 Å². The van der Waals surface area contributed by atoms with E-state index in [2.05, 4.69) is 5.32 Å². The molecule has 1 atom stereocenters. The van der Waals surface area contributed by atoms with Gasteiger partial charge in [0.2, 0.25) is 0 Å². The first-order valence-corrected chi connectivity index (χ1v) is 8.63. The Balaban J connectivity index is 1.80. The Morgan fingerprint density at radius 1 is 1.25 bits per heavy atom. The van der Waals surface area contributed by atoms with E-state index in [1.165, 1.54) is 12.5 Å². The van der Waals surface area contributed by atoms with Crippen LogP contribution in [-0.2, 0) is 0 Å². The SMILES string of the molecule is O=C(NC(CCO)C1CCCCC1)c1cc(=O)c2ccccc2o1. The van der Waals surface area contributed by atoms with Gasteiger partial charge in [-0.25, -0.2) is 0 Å². The summed E-state index contributed by atoms with van der Waals surface area (Å²) in [5.74, 6) is 0.0151. The zero-order valence-corrected chi connectivity index (χ0v) is 13.7. The van der Waals surface area contributed by atoms with Crippen LogP contribution in [0.3, 0.4) is 0 Å². The molecule has 1 unspecified atom stereocenters. The van der Waals surface area contributed by atoms with Crippen LogP contribution in [0.5, 0.6) is 0 Å². The van der Waals surface area contributed by atoms with Crippen LogP contribution in [0.15, 0.2) is 39.5 Å². The molecule has 1 aromatic carbocycles. The molecule has 1 aliphatic carbocycles. The molecule has 128 valence electrons. The zero-order valence-electron chi connectivity index (χ0n) is 13.7. The molecule has 1 amide bonds. The fraction of sp³-hybridized carbons (Fsp3) is 0.474. The van der Waals surface area contributed by atoms with Gasteiger partial charge < -0.3 is 14.8 Å². The van der Waals surface area contributed by atoms with E-state index in [-0.39, 0.29) is 29.7 Å². The zero-order chi connectivity index (χ0) is 16.9. The van der Waals surface area contributed by atoms with Crippen molar-refractivity contribution < 1.29 is 14.3 Å². The van der Waals surface area contributed by atoms with E-state index in [0.29, 0.717) is 23.3 Å². The maximum atomic E-state index is 12.5. The molecule has 5 nitrogen and oxygen atoms in total. The highest BCUT2D eigenvalue weighted by Crippen LogP contribution is 2.28. The number of rotatable bonds is 5. The van der Waals surface area contributed by atoms with Crippen LogP contribution < -0.4 is 10.7 Å². The third-order valence-corrected chi connectivity index (χ3v) is 4.83. The number of carbonyl (C=O) groups excluding carboxylic acids is 1. The number of benzene rings is 1. The molecule has 0 aliphatic heterocycles. The van der Waals surface area contributed by atoms with Gasteiger partial charge in [0.1, 0.15) is 5.58 Å². The molecule has 2 aromatic rings. The van der Waals surface area contributed by atoms with Crippen molar-refractivity contribution in [3.05, 3.63) is 46.3 Å². The Bertz CT molecular complexity index is 761. The summed E-state index contributed by atoms with van der Waals surface area (Å²) in [4.78, 5) is 24.7. The molecule has 1 saturated carbocycles. The number of amides is 1. The summed E-state index contributed by atoms with van der Waals surface area (Å²) < 4.78 is 5.60.